The standard InChI is InChI=1S/C13H13NO2/c1-2-16-13(15)7-6-10-4-3-5-12-11(10)8-9-14-12/h3-9,14H,2H2,1H3/b7-6+. The molecule has 0 atom stereocenters. The highest BCUT2D eigenvalue weighted by Crippen LogP contribution is 2.18. The zero-order valence-electron chi connectivity index (χ0n) is 9.07. The molecule has 2 aromatic rings. The largest absolute Gasteiger partial charge is 0.463 e. The minimum atomic E-state index is -0.310. The van der Waals surface area contributed by atoms with E-state index in [-0.39, 0.29) is 5.97 Å². The van der Waals surface area contributed by atoms with Crippen LogP contribution in [0.25, 0.3) is 17.0 Å². The van der Waals surface area contributed by atoms with Gasteiger partial charge < -0.3 is 9.72 Å². The van der Waals surface area contributed by atoms with E-state index < -0.39 is 0 Å². The number of fused-ring (bicyclic) bond motifs is 1. The molecule has 16 heavy (non-hydrogen) atoms. The normalized spacial score (nSPS) is 11.1. The van der Waals surface area contributed by atoms with Gasteiger partial charge in [0.2, 0.25) is 0 Å². The number of ether oxygens (including phenoxy) is 1. The molecule has 0 saturated carbocycles. The first kappa shape index (κ1) is 10.5. The lowest BCUT2D eigenvalue weighted by molar-refractivity contribution is -0.137. The second-order valence-electron chi connectivity index (χ2n) is 3.37. The molecule has 2 rings (SSSR count). The maximum atomic E-state index is 11.2. The lowest BCUT2D eigenvalue weighted by Gasteiger charge is -1.97. The topological polar surface area (TPSA) is 42.1 Å². The molecule has 3 heteroatoms. The fraction of sp³-hybridized carbons (Fsp3) is 0.154. The summed E-state index contributed by atoms with van der Waals surface area (Å²) in [5.41, 5.74) is 2.07. The van der Waals surface area contributed by atoms with Gasteiger partial charge >= 0.3 is 5.97 Å². The van der Waals surface area contributed by atoms with E-state index in [0.29, 0.717) is 6.61 Å². The number of carbonyl (C=O) groups excluding carboxylic acids is 1. The van der Waals surface area contributed by atoms with Crippen molar-refractivity contribution in [3.05, 3.63) is 42.1 Å². The van der Waals surface area contributed by atoms with Gasteiger partial charge in [0.25, 0.3) is 0 Å². The number of hydrogen-bond donors (Lipinski definition) is 1. The van der Waals surface area contributed by atoms with Gasteiger partial charge in [0.15, 0.2) is 0 Å². The van der Waals surface area contributed by atoms with Gasteiger partial charge in [-0.05, 0) is 30.7 Å². The number of aromatic amines is 1. The minimum Gasteiger partial charge on any atom is -0.463 e. The average molecular weight is 215 g/mol. The Balaban J connectivity index is 2.27. The molecule has 0 radical (unpaired) electrons. The van der Waals surface area contributed by atoms with Crippen molar-refractivity contribution in [3.8, 4) is 0 Å². The van der Waals surface area contributed by atoms with Crippen LogP contribution in [0.2, 0.25) is 0 Å². The summed E-state index contributed by atoms with van der Waals surface area (Å²) in [4.78, 5) is 14.3. The molecule has 0 bridgehead atoms. The molecule has 0 aliphatic heterocycles. The SMILES string of the molecule is CCOC(=O)/C=C/c1cccc2[nH]ccc12. The summed E-state index contributed by atoms with van der Waals surface area (Å²) >= 11 is 0. The van der Waals surface area contributed by atoms with Crippen LogP contribution in [0.5, 0.6) is 0 Å². The first-order chi connectivity index (χ1) is 7.81. The summed E-state index contributed by atoms with van der Waals surface area (Å²) in [7, 11) is 0. The first-order valence-corrected chi connectivity index (χ1v) is 5.22. The Kier molecular flexibility index (Phi) is 3.05. The molecule has 1 N–H and O–H groups in total. The molecule has 0 spiro atoms. The first-order valence-electron chi connectivity index (χ1n) is 5.22. The summed E-state index contributed by atoms with van der Waals surface area (Å²) in [6.45, 7) is 2.19. The Labute approximate surface area is 93.7 Å². The average Bonchev–Trinajstić information content (AvgIpc) is 2.75. The molecule has 3 nitrogen and oxygen atoms in total. The van der Waals surface area contributed by atoms with Crippen LogP contribution in [0.1, 0.15) is 12.5 Å². The fourth-order valence-electron chi connectivity index (χ4n) is 1.60. The zero-order chi connectivity index (χ0) is 11.4. The van der Waals surface area contributed by atoms with Gasteiger partial charge in [-0.15, -0.1) is 0 Å². The number of H-pyrrole nitrogens is 1. The lowest BCUT2D eigenvalue weighted by atomic mass is 10.1. The highest BCUT2D eigenvalue weighted by molar-refractivity contribution is 5.93. The molecule has 0 aliphatic carbocycles. The number of benzene rings is 1. The number of rotatable bonds is 3. The molecule has 0 aliphatic rings. The van der Waals surface area contributed by atoms with Crippen LogP contribution in [0.3, 0.4) is 0 Å². The molecular weight excluding hydrogens is 202 g/mol. The van der Waals surface area contributed by atoms with Gasteiger partial charge in [0.05, 0.1) is 6.61 Å². The molecule has 0 amide bonds. The maximum Gasteiger partial charge on any atom is 0.330 e. The number of aromatic nitrogens is 1. The van der Waals surface area contributed by atoms with E-state index in [1.165, 1.54) is 6.08 Å². The predicted molar refractivity (Wildman–Crippen MR) is 64.0 cm³/mol. The highest BCUT2D eigenvalue weighted by atomic mass is 16.5. The second kappa shape index (κ2) is 4.66. The Bertz CT molecular complexity index is 525. The molecule has 0 fully saturated rings. The number of esters is 1. The van der Waals surface area contributed by atoms with E-state index in [1.807, 2.05) is 30.5 Å². The Morgan fingerprint density at radius 1 is 1.44 bits per heavy atom. The van der Waals surface area contributed by atoms with Crippen LogP contribution < -0.4 is 0 Å². The second-order valence-corrected chi connectivity index (χ2v) is 3.37. The van der Waals surface area contributed by atoms with E-state index >= 15 is 0 Å². The van der Waals surface area contributed by atoms with Crippen LogP contribution in [-0.2, 0) is 9.53 Å². The minimum absolute atomic E-state index is 0.310. The summed E-state index contributed by atoms with van der Waals surface area (Å²) in [6.07, 6.45) is 5.10. The molecule has 1 heterocycles. The summed E-state index contributed by atoms with van der Waals surface area (Å²) in [5.74, 6) is -0.310. The van der Waals surface area contributed by atoms with E-state index in [9.17, 15) is 4.79 Å². The molecule has 0 unspecified atom stereocenters. The molecule has 0 saturated heterocycles. The zero-order valence-corrected chi connectivity index (χ0v) is 9.07. The van der Waals surface area contributed by atoms with Gasteiger partial charge in [-0.3, -0.25) is 0 Å². The molecule has 82 valence electrons. The molecule has 1 aromatic carbocycles. The van der Waals surface area contributed by atoms with Crippen molar-refractivity contribution in [1.82, 2.24) is 4.98 Å². The van der Waals surface area contributed by atoms with Crippen LogP contribution in [0.15, 0.2) is 36.5 Å². The highest BCUT2D eigenvalue weighted by Gasteiger charge is 1.99. The van der Waals surface area contributed by atoms with Crippen LogP contribution in [0.4, 0.5) is 0 Å². The van der Waals surface area contributed by atoms with Gasteiger partial charge in [-0.2, -0.15) is 0 Å². The predicted octanol–water partition coefficient (Wildman–Crippen LogP) is 2.74. The van der Waals surface area contributed by atoms with Crippen LogP contribution in [-0.4, -0.2) is 17.6 Å². The van der Waals surface area contributed by atoms with Crippen molar-refractivity contribution < 1.29 is 9.53 Å². The Morgan fingerprint density at radius 3 is 3.12 bits per heavy atom. The third-order valence-corrected chi connectivity index (χ3v) is 2.31. The van der Waals surface area contributed by atoms with E-state index in [0.717, 1.165) is 16.5 Å². The summed E-state index contributed by atoms with van der Waals surface area (Å²) < 4.78 is 4.82. The third-order valence-electron chi connectivity index (χ3n) is 2.31. The Hall–Kier alpha value is -2.03. The summed E-state index contributed by atoms with van der Waals surface area (Å²) in [6, 6.07) is 7.90. The van der Waals surface area contributed by atoms with Crippen molar-refractivity contribution in [2.75, 3.05) is 6.61 Å². The third kappa shape index (κ3) is 2.14. The van der Waals surface area contributed by atoms with Crippen molar-refractivity contribution in [2.24, 2.45) is 0 Å². The number of nitrogens with one attached hydrogen (secondary N) is 1. The van der Waals surface area contributed by atoms with Crippen molar-refractivity contribution in [2.45, 2.75) is 6.92 Å². The van der Waals surface area contributed by atoms with Crippen LogP contribution in [0, 0.1) is 0 Å². The van der Waals surface area contributed by atoms with Gasteiger partial charge in [-0.25, -0.2) is 4.79 Å². The van der Waals surface area contributed by atoms with Gasteiger partial charge in [0.1, 0.15) is 0 Å². The van der Waals surface area contributed by atoms with E-state index in [4.69, 9.17) is 4.74 Å². The van der Waals surface area contributed by atoms with E-state index in [1.54, 1.807) is 13.0 Å². The van der Waals surface area contributed by atoms with Gasteiger partial charge in [0, 0.05) is 23.2 Å². The van der Waals surface area contributed by atoms with E-state index in [2.05, 4.69) is 4.98 Å². The molecule has 1 aromatic heterocycles. The fourth-order valence-corrected chi connectivity index (χ4v) is 1.60. The van der Waals surface area contributed by atoms with Crippen molar-refractivity contribution in [3.63, 3.8) is 0 Å². The Morgan fingerprint density at radius 2 is 2.31 bits per heavy atom. The maximum absolute atomic E-state index is 11.2. The van der Waals surface area contributed by atoms with Crippen molar-refractivity contribution >= 4 is 22.9 Å². The monoisotopic (exact) mass is 215 g/mol. The van der Waals surface area contributed by atoms with Crippen molar-refractivity contribution in [1.29, 1.82) is 0 Å². The molecular formula is C13H13NO2. The van der Waals surface area contributed by atoms with Gasteiger partial charge in [-0.1, -0.05) is 12.1 Å². The number of carbonyl (C=O) groups is 1. The number of hydrogen-bond acceptors (Lipinski definition) is 2. The smallest absolute Gasteiger partial charge is 0.330 e. The quantitative estimate of drug-likeness (QED) is 0.631. The summed E-state index contributed by atoms with van der Waals surface area (Å²) in [5, 5.41) is 1.10. The van der Waals surface area contributed by atoms with Crippen LogP contribution >= 0.6 is 0 Å². The lowest BCUT2D eigenvalue weighted by Crippen LogP contribution is -1.98.